The molecule has 2 heterocycles. The summed E-state index contributed by atoms with van der Waals surface area (Å²) in [6, 6.07) is 18.5. The van der Waals surface area contributed by atoms with E-state index in [2.05, 4.69) is 61.3 Å². The van der Waals surface area contributed by atoms with Crippen molar-refractivity contribution in [1.29, 1.82) is 0 Å². The summed E-state index contributed by atoms with van der Waals surface area (Å²) in [7, 11) is 1.96. The molecule has 43 heavy (non-hydrogen) atoms. The van der Waals surface area contributed by atoms with Crippen molar-refractivity contribution in [3.63, 3.8) is 0 Å². The molecule has 0 spiro atoms. The number of H-pyrrole nitrogens is 1. The molecule has 0 radical (unpaired) electrons. The Morgan fingerprint density at radius 1 is 1.00 bits per heavy atom. The third-order valence-corrected chi connectivity index (χ3v) is 8.01. The molecule has 5 aromatic rings. The lowest BCUT2D eigenvalue weighted by Crippen LogP contribution is -2.09. The molecule has 0 bridgehead atoms. The van der Waals surface area contributed by atoms with Crippen LogP contribution < -0.4 is 4.74 Å². The third kappa shape index (κ3) is 6.37. The molecule has 0 saturated carbocycles. The lowest BCUT2D eigenvalue weighted by Gasteiger charge is -2.11. The summed E-state index contributed by atoms with van der Waals surface area (Å²) in [5.41, 5.74) is 7.48. The smallest absolute Gasteiger partial charge is 0.355 e. The first-order valence-electron chi connectivity index (χ1n) is 15.2. The van der Waals surface area contributed by atoms with Gasteiger partial charge in [-0.05, 0) is 81.5 Å². The molecule has 0 fully saturated rings. The molecule has 2 aromatic heterocycles. The van der Waals surface area contributed by atoms with Crippen molar-refractivity contribution in [2.45, 2.75) is 52.9 Å². The first-order chi connectivity index (χ1) is 20.9. The fourth-order valence-corrected chi connectivity index (χ4v) is 5.76. The van der Waals surface area contributed by atoms with Gasteiger partial charge < -0.3 is 19.6 Å². The normalized spacial score (nSPS) is 11.7. The summed E-state index contributed by atoms with van der Waals surface area (Å²) in [5, 5.41) is 17.2. The molecular formula is C36H41N3O4. The van der Waals surface area contributed by atoms with Gasteiger partial charge in [-0.1, -0.05) is 54.6 Å². The number of aliphatic hydroxyl groups is 1. The topological polar surface area (TPSA) is 89.4 Å². The van der Waals surface area contributed by atoms with E-state index in [0.29, 0.717) is 25.3 Å². The summed E-state index contributed by atoms with van der Waals surface area (Å²) < 4.78 is 13.6. The number of esters is 1. The molecule has 0 unspecified atom stereocenters. The van der Waals surface area contributed by atoms with Crippen LogP contribution in [0.4, 0.5) is 0 Å². The predicted molar refractivity (Wildman–Crippen MR) is 174 cm³/mol. The number of carbonyl (C=O) groups is 1. The van der Waals surface area contributed by atoms with Gasteiger partial charge in [0, 0.05) is 41.2 Å². The van der Waals surface area contributed by atoms with Crippen LogP contribution in [0.2, 0.25) is 0 Å². The van der Waals surface area contributed by atoms with Crippen molar-refractivity contribution < 1.29 is 19.4 Å². The van der Waals surface area contributed by atoms with Crippen LogP contribution >= 0.6 is 0 Å². The van der Waals surface area contributed by atoms with E-state index in [1.807, 2.05) is 42.9 Å². The van der Waals surface area contributed by atoms with Crippen molar-refractivity contribution in [2.24, 2.45) is 7.05 Å². The second-order valence-corrected chi connectivity index (χ2v) is 10.9. The summed E-state index contributed by atoms with van der Waals surface area (Å²) in [5.74, 6) is 0.517. The van der Waals surface area contributed by atoms with E-state index >= 15 is 0 Å². The van der Waals surface area contributed by atoms with Gasteiger partial charge in [-0.15, -0.1) is 0 Å². The van der Waals surface area contributed by atoms with Crippen LogP contribution in [-0.4, -0.2) is 45.7 Å². The van der Waals surface area contributed by atoms with Crippen molar-refractivity contribution >= 4 is 33.7 Å². The average molecular weight is 580 g/mol. The number of aromatic nitrogens is 3. The summed E-state index contributed by atoms with van der Waals surface area (Å²) >= 11 is 0. The van der Waals surface area contributed by atoms with Crippen LogP contribution in [0.3, 0.4) is 0 Å². The monoisotopic (exact) mass is 579 g/mol. The first kappa shape index (κ1) is 30.1. The number of nitrogens with one attached hydrogen (secondary N) is 1. The lowest BCUT2D eigenvalue weighted by molar-refractivity contribution is 0.0519. The van der Waals surface area contributed by atoms with E-state index in [0.717, 1.165) is 86.7 Å². The molecule has 0 aliphatic carbocycles. The zero-order chi connectivity index (χ0) is 30.3. The van der Waals surface area contributed by atoms with Crippen LogP contribution in [0.1, 0.15) is 65.6 Å². The Morgan fingerprint density at radius 3 is 2.63 bits per heavy atom. The molecule has 0 saturated heterocycles. The molecule has 3 aromatic carbocycles. The van der Waals surface area contributed by atoms with Gasteiger partial charge in [-0.2, -0.15) is 5.10 Å². The minimum absolute atomic E-state index is 0.205. The Bertz CT molecular complexity index is 1760. The van der Waals surface area contributed by atoms with Gasteiger partial charge in [-0.25, -0.2) is 4.79 Å². The highest BCUT2D eigenvalue weighted by atomic mass is 16.5. The SMILES string of the molecule is CCOC(=O)c1[nH]c2c(-c3c(/C=C/CCCCO)nn(C)c3C)c(C)ccc2c1CCCOc1cccc2ccccc12. The summed E-state index contributed by atoms with van der Waals surface area (Å²) in [6.45, 7) is 7.02. The highest BCUT2D eigenvalue weighted by molar-refractivity contribution is 6.05. The number of aliphatic hydroxyl groups excluding tert-OH is 1. The van der Waals surface area contributed by atoms with Gasteiger partial charge in [0.25, 0.3) is 0 Å². The fourth-order valence-electron chi connectivity index (χ4n) is 5.76. The Hall–Kier alpha value is -4.36. The molecule has 0 aliphatic rings. The van der Waals surface area contributed by atoms with Crippen LogP contribution in [-0.2, 0) is 18.2 Å². The number of nitrogens with zero attached hydrogens (tertiary/aromatic N) is 2. The first-order valence-corrected chi connectivity index (χ1v) is 15.2. The zero-order valence-electron chi connectivity index (χ0n) is 25.6. The lowest BCUT2D eigenvalue weighted by atomic mass is 9.94. The van der Waals surface area contributed by atoms with Crippen LogP contribution in [0.5, 0.6) is 5.75 Å². The highest BCUT2D eigenvalue weighted by Crippen LogP contribution is 2.39. The molecule has 7 nitrogen and oxygen atoms in total. The largest absolute Gasteiger partial charge is 0.493 e. The number of aryl methyl sites for hydroxylation is 3. The molecule has 224 valence electrons. The Labute approximate surface area is 253 Å². The number of rotatable bonds is 13. The molecular weight excluding hydrogens is 538 g/mol. The van der Waals surface area contributed by atoms with Crippen LogP contribution in [0, 0.1) is 13.8 Å². The van der Waals surface area contributed by atoms with Crippen molar-refractivity contribution in [1.82, 2.24) is 14.8 Å². The van der Waals surface area contributed by atoms with Crippen LogP contribution in [0.25, 0.3) is 38.9 Å². The number of aromatic amines is 1. The molecule has 7 heteroatoms. The minimum Gasteiger partial charge on any atom is -0.493 e. The maximum Gasteiger partial charge on any atom is 0.355 e. The number of benzene rings is 3. The Balaban J connectivity index is 1.49. The van der Waals surface area contributed by atoms with Gasteiger partial charge in [0.1, 0.15) is 11.4 Å². The number of unbranched alkanes of at least 4 members (excludes halogenated alkanes) is 2. The van der Waals surface area contributed by atoms with Crippen molar-refractivity contribution in [3.05, 3.63) is 88.9 Å². The van der Waals surface area contributed by atoms with Crippen molar-refractivity contribution in [2.75, 3.05) is 19.8 Å². The average Bonchev–Trinajstić information content (AvgIpc) is 3.51. The van der Waals surface area contributed by atoms with Gasteiger partial charge in [0.2, 0.25) is 0 Å². The number of hydrogen-bond donors (Lipinski definition) is 2. The quantitative estimate of drug-likeness (QED) is 0.110. The highest BCUT2D eigenvalue weighted by Gasteiger charge is 2.24. The van der Waals surface area contributed by atoms with E-state index in [4.69, 9.17) is 19.7 Å². The fraction of sp³-hybridized carbons (Fsp3) is 0.333. The Kier molecular flexibility index (Phi) is 9.62. The summed E-state index contributed by atoms with van der Waals surface area (Å²) in [6.07, 6.45) is 8.17. The number of ether oxygens (including phenoxy) is 2. The second kappa shape index (κ2) is 13.7. The number of allylic oxidation sites excluding steroid dienone is 1. The van der Waals surface area contributed by atoms with E-state index in [1.165, 1.54) is 0 Å². The standard InChI is InChI=1S/C36H41N3O4/c1-5-42-36(41)35-28(17-13-23-43-31-19-12-15-26-14-9-10-16-27(26)31)29-21-20-24(2)32(34(29)37-35)33-25(3)39(4)38-30(33)18-8-6-7-11-22-40/h8-10,12,14-16,18-21,37,40H,5-7,11,13,17,22-23H2,1-4H3/b18-8+. The molecule has 0 amide bonds. The van der Waals surface area contributed by atoms with E-state index in [1.54, 1.807) is 0 Å². The molecule has 2 N–H and O–H groups in total. The molecule has 5 rings (SSSR count). The third-order valence-electron chi connectivity index (χ3n) is 8.01. The minimum atomic E-state index is -0.348. The zero-order valence-corrected chi connectivity index (χ0v) is 25.6. The summed E-state index contributed by atoms with van der Waals surface area (Å²) in [4.78, 5) is 16.7. The predicted octanol–water partition coefficient (Wildman–Crippen LogP) is 7.70. The van der Waals surface area contributed by atoms with E-state index in [-0.39, 0.29) is 12.6 Å². The van der Waals surface area contributed by atoms with Crippen molar-refractivity contribution in [3.8, 4) is 16.9 Å². The van der Waals surface area contributed by atoms with E-state index in [9.17, 15) is 4.79 Å². The van der Waals surface area contributed by atoms with Gasteiger partial charge in [0.15, 0.2) is 0 Å². The van der Waals surface area contributed by atoms with Gasteiger partial charge >= 0.3 is 5.97 Å². The van der Waals surface area contributed by atoms with E-state index < -0.39 is 0 Å². The Morgan fingerprint density at radius 2 is 1.81 bits per heavy atom. The number of fused-ring (bicyclic) bond motifs is 2. The molecule has 0 atom stereocenters. The number of hydrogen-bond acceptors (Lipinski definition) is 5. The second-order valence-electron chi connectivity index (χ2n) is 10.9. The maximum atomic E-state index is 13.2. The van der Waals surface area contributed by atoms with Gasteiger partial charge in [-0.3, -0.25) is 4.68 Å². The van der Waals surface area contributed by atoms with Gasteiger partial charge in [0.05, 0.1) is 24.4 Å². The van der Waals surface area contributed by atoms with Crippen LogP contribution in [0.15, 0.2) is 60.7 Å². The molecule has 0 aliphatic heterocycles. The maximum absolute atomic E-state index is 13.2. The number of carbonyl (C=O) groups excluding carboxylic acids is 1.